The van der Waals surface area contributed by atoms with Crippen molar-refractivity contribution in [2.24, 2.45) is 10.7 Å². The fourth-order valence-electron chi connectivity index (χ4n) is 3.97. The number of benzene rings is 3. The first-order chi connectivity index (χ1) is 18.0. The number of nitrogens with two attached hydrogens (primary N) is 1. The molecule has 10 heteroatoms. The number of fused-ring (bicyclic) bond motifs is 1. The number of hydrogen-bond acceptors (Lipinski definition) is 6. The van der Waals surface area contributed by atoms with Gasteiger partial charge in [-0.05, 0) is 68.4 Å². The number of amides is 2. The van der Waals surface area contributed by atoms with Crippen molar-refractivity contribution in [1.82, 2.24) is 4.98 Å². The van der Waals surface area contributed by atoms with Gasteiger partial charge in [-0.2, -0.15) is 0 Å². The zero-order valence-corrected chi connectivity index (χ0v) is 21.4. The summed E-state index contributed by atoms with van der Waals surface area (Å²) in [7, 11) is 2.92. The molecule has 4 aromatic rings. The largest absolute Gasteiger partial charge is 0.494 e. The Morgan fingerprint density at radius 3 is 2.34 bits per heavy atom. The van der Waals surface area contributed by atoms with E-state index in [9.17, 15) is 19.1 Å². The average molecular weight is 518 g/mol. The number of aromatic nitrogens is 1. The van der Waals surface area contributed by atoms with Gasteiger partial charge < -0.3 is 25.5 Å². The maximum atomic E-state index is 13.8. The molecule has 0 aliphatic rings. The van der Waals surface area contributed by atoms with E-state index in [1.54, 1.807) is 75.5 Å². The van der Waals surface area contributed by atoms with Crippen LogP contribution >= 0.6 is 0 Å². The van der Waals surface area contributed by atoms with Crippen LogP contribution in [0, 0.1) is 5.82 Å². The van der Waals surface area contributed by atoms with E-state index in [0.717, 1.165) is 0 Å². The van der Waals surface area contributed by atoms with Gasteiger partial charge >= 0.3 is 6.09 Å². The second-order valence-electron chi connectivity index (χ2n) is 9.30. The van der Waals surface area contributed by atoms with Crippen molar-refractivity contribution in [3.05, 3.63) is 83.7 Å². The van der Waals surface area contributed by atoms with Gasteiger partial charge in [0.25, 0.3) is 0 Å². The van der Waals surface area contributed by atoms with Gasteiger partial charge in [0.1, 0.15) is 5.82 Å². The van der Waals surface area contributed by atoms with Crippen molar-refractivity contribution < 1.29 is 23.8 Å². The highest BCUT2D eigenvalue weighted by Gasteiger charge is 2.26. The van der Waals surface area contributed by atoms with Gasteiger partial charge in [0.15, 0.2) is 5.88 Å². The molecule has 0 bridgehead atoms. The molecule has 1 heterocycles. The normalized spacial score (nSPS) is 11.9. The molecule has 9 nitrogen and oxygen atoms in total. The quantitative estimate of drug-likeness (QED) is 0.265. The summed E-state index contributed by atoms with van der Waals surface area (Å²) in [6.45, 7) is 3.28. The van der Waals surface area contributed by atoms with Crippen molar-refractivity contribution in [3.8, 4) is 5.88 Å². The number of anilines is 2. The molecule has 0 aliphatic heterocycles. The zero-order chi connectivity index (χ0) is 27.6. The molecule has 5 N–H and O–H groups in total. The number of rotatable bonds is 6. The van der Waals surface area contributed by atoms with Crippen molar-refractivity contribution in [2.75, 3.05) is 24.4 Å². The third-order valence-corrected chi connectivity index (χ3v) is 5.90. The Morgan fingerprint density at radius 2 is 1.74 bits per heavy atom. The Morgan fingerprint density at radius 1 is 1.08 bits per heavy atom. The number of H-pyrrole nitrogens is 1. The monoisotopic (exact) mass is 517 g/mol. The summed E-state index contributed by atoms with van der Waals surface area (Å²) >= 11 is 0. The van der Waals surface area contributed by atoms with Crippen LogP contribution in [0.4, 0.5) is 26.2 Å². The van der Waals surface area contributed by atoms with Crippen LogP contribution < -0.4 is 16.0 Å². The third-order valence-electron chi connectivity index (χ3n) is 5.90. The molecular weight excluding hydrogens is 489 g/mol. The third kappa shape index (κ3) is 5.50. The predicted octanol–water partition coefficient (Wildman–Crippen LogP) is 5.06. The smallest absolute Gasteiger partial charge is 0.411 e. The number of methoxy groups -OCH3 is 1. The van der Waals surface area contributed by atoms with Gasteiger partial charge in [-0.15, -0.1) is 0 Å². The predicted molar refractivity (Wildman–Crippen MR) is 146 cm³/mol. The summed E-state index contributed by atoms with van der Waals surface area (Å²) < 4.78 is 18.5. The number of halogens is 1. The number of nitrogens with one attached hydrogen (secondary N) is 2. The molecule has 4 rings (SSSR count). The maximum Gasteiger partial charge on any atom is 0.411 e. The molecular formula is C28H28FN5O4. The van der Waals surface area contributed by atoms with Crippen LogP contribution in [0.1, 0.15) is 25.0 Å². The number of likely N-dealkylation sites (N-methyl/N-ethyl adjacent to an activating group) is 1. The molecule has 2 amide bonds. The summed E-state index contributed by atoms with van der Waals surface area (Å²) in [5.41, 5.74) is 8.44. The lowest BCUT2D eigenvalue weighted by molar-refractivity contribution is -0.122. The van der Waals surface area contributed by atoms with Crippen molar-refractivity contribution in [3.63, 3.8) is 0 Å². The lowest BCUT2D eigenvalue weighted by atomic mass is 10.0. The van der Waals surface area contributed by atoms with E-state index in [1.807, 2.05) is 0 Å². The van der Waals surface area contributed by atoms with Gasteiger partial charge in [-0.1, -0.05) is 12.1 Å². The van der Waals surface area contributed by atoms with Crippen molar-refractivity contribution >= 4 is 45.7 Å². The summed E-state index contributed by atoms with van der Waals surface area (Å²) in [5, 5.41) is 14.0. The second-order valence-corrected chi connectivity index (χ2v) is 9.30. The van der Waals surface area contributed by atoms with Gasteiger partial charge in [-0.3, -0.25) is 10.1 Å². The van der Waals surface area contributed by atoms with Gasteiger partial charge in [0.2, 0.25) is 5.91 Å². The number of aromatic amines is 1. The SMILES string of the molecule is COC(=O)Nc1ccc(C(=Nc2ccc(N(C)C(=O)C(C)(C)N)cc2)c2c(O)[nH]c3cc(F)ccc23)cc1. The minimum absolute atomic E-state index is 0.173. The molecule has 3 aromatic carbocycles. The van der Waals surface area contributed by atoms with E-state index in [2.05, 4.69) is 15.0 Å². The average Bonchev–Trinajstić information content (AvgIpc) is 3.21. The van der Waals surface area contributed by atoms with Crippen molar-refractivity contribution in [2.45, 2.75) is 19.4 Å². The first-order valence-corrected chi connectivity index (χ1v) is 11.7. The van der Waals surface area contributed by atoms with Gasteiger partial charge in [0, 0.05) is 29.4 Å². The molecule has 196 valence electrons. The lowest BCUT2D eigenvalue weighted by Gasteiger charge is -2.25. The number of carbonyl (C=O) groups excluding carboxylic acids is 2. The molecule has 0 spiro atoms. The lowest BCUT2D eigenvalue weighted by Crippen LogP contribution is -2.49. The Labute approximate surface area is 218 Å². The Balaban J connectivity index is 1.79. The van der Waals surface area contributed by atoms with E-state index >= 15 is 0 Å². The van der Waals surface area contributed by atoms with E-state index in [1.165, 1.54) is 24.1 Å². The summed E-state index contributed by atoms with van der Waals surface area (Å²) in [6, 6.07) is 17.9. The van der Waals surface area contributed by atoms with Crippen LogP contribution in [0.5, 0.6) is 5.88 Å². The van der Waals surface area contributed by atoms with Gasteiger partial charge in [-0.25, -0.2) is 14.2 Å². The molecule has 1 aromatic heterocycles. The van der Waals surface area contributed by atoms with E-state index in [4.69, 9.17) is 10.7 Å². The second kappa shape index (κ2) is 10.3. The standard InChI is InChI=1S/C28H28FN5O4/c1-28(2,30)26(36)34(3)20-12-10-18(11-13-20)31-24(16-5-8-19(9-6-16)32-27(37)38-4)23-21-14-7-17(29)15-22(21)33-25(23)35/h5-15,33,35H,30H2,1-4H3,(H,32,37). The van der Waals surface area contributed by atoms with Crippen LogP contribution in [-0.4, -0.2) is 47.5 Å². The van der Waals surface area contributed by atoms with Crippen LogP contribution in [0.2, 0.25) is 0 Å². The number of aliphatic imine (C=N–C) groups is 1. The highest BCUT2D eigenvalue weighted by atomic mass is 19.1. The first-order valence-electron chi connectivity index (χ1n) is 11.7. The Hall–Kier alpha value is -4.70. The summed E-state index contributed by atoms with van der Waals surface area (Å²) in [4.78, 5) is 33.2. The molecule has 0 atom stereocenters. The fourth-order valence-corrected chi connectivity index (χ4v) is 3.97. The molecule has 0 unspecified atom stereocenters. The summed E-state index contributed by atoms with van der Waals surface area (Å²) in [6.07, 6.45) is -0.607. The first kappa shape index (κ1) is 26.4. The summed E-state index contributed by atoms with van der Waals surface area (Å²) in [5.74, 6) is -0.865. The molecule has 0 radical (unpaired) electrons. The Kier molecular flexibility index (Phi) is 7.18. The number of ether oxygens (including phenoxy) is 1. The molecule has 38 heavy (non-hydrogen) atoms. The van der Waals surface area contributed by atoms with Gasteiger partial charge in [0.05, 0.1) is 35.1 Å². The fraction of sp³-hybridized carbons (Fsp3) is 0.179. The zero-order valence-electron chi connectivity index (χ0n) is 21.4. The number of hydrogen-bond donors (Lipinski definition) is 4. The van der Waals surface area contributed by atoms with Crippen LogP contribution in [0.15, 0.2) is 71.7 Å². The maximum absolute atomic E-state index is 13.8. The molecule has 0 saturated carbocycles. The van der Waals surface area contributed by atoms with E-state index in [0.29, 0.717) is 44.8 Å². The van der Waals surface area contributed by atoms with Crippen LogP contribution in [-0.2, 0) is 9.53 Å². The molecule has 0 aliphatic carbocycles. The Bertz CT molecular complexity index is 1520. The van der Waals surface area contributed by atoms with E-state index in [-0.39, 0.29) is 11.8 Å². The minimum Gasteiger partial charge on any atom is -0.494 e. The number of nitrogens with zero attached hydrogens (tertiary/aromatic N) is 2. The molecule has 0 fully saturated rings. The highest BCUT2D eigenvalue weighted by Crippen LogP contribution is 2.32. The van der Waals surface area contributed by atoms with E-state index < -0.39 is 17.4 Å². The minimum atomic E-state index is -1.03. The van der Waals surface area contributed by atoms with Crippen LogP contribution in [0.3, 0.4) is 0 Å². The molecule has 0 saturated heterocycles. The topological polar surface area (TPSA) is 133 Å². The highest BCUT2D eigenvalue weighted by molar-refractivity contribution is 6.22. The number of carbonyl (C=O) groups is 2. The van der Waals surface area contributed by atoms with Crippen LogP contribution in [0.25, 0.3) is 10.9 Å². The van der Waals surface area contributed by atoms with Crippen molar-refractivity contribution in [1.29, 1.82) is 0 Å². The number of aromatic hydroxyl groups is 1.